The van der Waals surface area contributed by atoms with Crippen molar-refractivity contribution in [3.63, 3.8) is 0 Å². The van der Waals surface area contributed by atoms with Crippen LogP contribution in [0, 0.1) is 11.8 Å². The first kappa shape index (κ1) is 14.3. The van der Waals surface area contributed by atoms with Crippen LogP contribution in [-0.4, -0.2) is 23.9 Å². The molecule has 0 amide bonds. The number of ether oxygens (including phenoxy) is 1. The molecule has 1 N–H and O–H groups in total. The lowest BCUT2D eigenvalue weighted by Crippen LogP contribution is -2.34. The average Bonchev–Trinajstić information content (AvgIpc) is 2.41. The second-order valence-corrected chi connectivity index (χ2v) is 6.38. The van der Waals surface area contributed by atoms with Gasteiger partial charge in [0.1, 0.15) is 0 Å². The molecule has 0 aromatic rings. The fraction of sp³-hybridized carbons (Fsp3) is 1.00. The van der Waals surface area contributed by atoms with Gasteiger partial charge in [0.15, 0.2) is 0 Å². The van der Waals surface area contributed by atoms with Gasteiger partial charge in [-0.15, -0.1) is 0 Å². The van der Waals surface area contributed by atoms with Gasteiger partial charge in [-0.25, -0.2) is 0 Å². The summed E-state index contributed by atoms with van der Waals surface area (Å²) in [6, 6.07) is 0. The maximum Gasteiger partial charge on any atom is 0.0603 e. The molecule has 2 nitrogen and oxygen atoms in total. The van der Waals surface area contributed by atoms with Crippen molar-refractivity contribution in [2.24, 2.45) is 11.8 Å². The SMILES string of the molecule is CCCCCC1CCC(C2CCC(O)CC2)OC1. The predicted octanol–water partition coefficient (Wildman–Crippen LogP) is 3.91. The Labute approximate surface area is 112 Å². The van der Waals surface area contributed by atoms with E-state index in [9.17, 15) is 5.11 Å². The van der Waals surface area contributed by atoms with Crippen LogP contribution >= 0.6 is 0 Å². The monoisotopic (exact) mass is 254 g/mol. The lowest BCUT2D eigenvalue weighted by Gasteiger charge is -2.37. The zero-order valence-corrected chi connectivity index (χ0v) is 11.9. The summed E-state index contributed by atoms with van der Waals surface area (Å²) in [6.45, 7) is 3.26. The fourth-order valence-corrected chi connectivity index (χ4v) is 3.58. The van der Waals surface area contributed by atoms with Crippen molar-refractivity contribution >= 4 is 0 Å². The van der Waals surface area contributed by atoms with Gasteiger partial charge < -0.3 is 9.84 Å². The van der Waals surface area contributed by atoms with E-state index in [1.807, 2.05) is 0 Å². The molecule has 0 bridgehead atoms. The first-order valence-electron chi connectivity index (χ1n) is 8.09. The average molecular weight is 254 g/mol. The summed E-state index contributed by atoms with van der Waals surface area (Å²) < 4.78 is 6.11. The minimum Gasteiger partial charge on any atom is -0.393 e. The van der Waals surface area contributed by atoms with Crippen LogP contribution in [0.3, 0.4) is 0 Å². The third kappa shape index (κ3) is 4.24. The summed E-state index contributed by atoms with van der Waals surface area (Å²) >= 11 is 0. The minimum atomic E-state index is -0.0355. The molecule has 0 spiro atoms. The molecule has 0 radical (unpaired) electrons. The Morgan fingerprint density at radius 3 is 2.39 bits per heavy atom. The Balaban J connectivity index is 1.63. The number of hydrogen-bond donors (Lipinski definition) is 1. The Morgan fingerprint density at radius 2 is 1.78 bits per heavy atom. The first-order valence-corrected chi connectivity index (χ1v) is 8.09. The molecule has 2 aliphatic rings. The maximum atomic E-state index is 9.55. The Bertz CT molecular complexity index is 213. The summed E-state index contributed by atoms with van der Waals surface area (Å²) in [5.41, 5.74) is 0. The van der Waals surface area contributed by atoms with Crippen LogP contribution in [0.25, 0.3) is 0 Å². The first-order chi connectivity index (χ1) is 8.79. The molecular weight excluding hydrogens is 224 g/mol. The molecule has 2 unspecified atom stereocenters. The smallest absolute Gasteiger partial charge is 0.0603 e. The van der Waals surface area contributed by atoms with Crippen molar-refractivity contribution in [2.45, 2.75) is 83.3 Å². The molecule has 2 rings (SSSR count). The van der Waals surface area contributed by atoms with Crippen LogP contribution in [0.4, 0.5) is 0 Å². The van der Waals surface area contributed by atoms with E-state index in [0.717, 1.165) is 31.3 Å². The van der Waals surface area contributed by atoms with E-state index in [4.69, 9.17) is 4.74 Å². The molecular formula is C16H30O2. The van der Waals surface area contributed by atoms with E-state index in [0.29, 0.717) is 6.10 Å². The van der Waals surface area contributed by atoms with E-state index in [1.54, 1.807) is 0 Å². The van der Waals surface area contributed by atoms with Gasteiger partial charge in [0.05, 0.1) is 12.2 Å². The molecule has 18 heavy (non-hydrogen) atoms. The molecule has 1 aliphatic carbocycles. The molecule has 2 fully saturated rings. The molecule has 1 saturated carbocycles. The molecule has 0 aromatic carbocycles. The third-order valence-corrected chi connectivity index (χ3v) is 4.89. The second kappa shape index (κ2) is 7.49. The lowest BCUT2D eigenvalue weighted by atomic mass is 9.80. The molecule has 1 heterocycles. The van der Waals surface area contributed by atoms with Crippen molar-refractivity contribution < 1.29 is 9.84 Å². The molecule has 0 aromatic heterocycles. The van der Waals surface area contributed by atoms with Crippen molar-refractivity contribution in [2.75, 3.05) is 6.61 Å². The highest BCUT2D eigenvalue weighted by Gasteiger charge is 2.30. The van der Waals surface area contributed by atoms with Crippen molar-refractivity contribution in [1.82, 2.24) is 0 Å². The van der Waals surface area contributed by atoms with Crippen molar-refractivity contribution in [3.8, 4) is 0 Å². The molecule has 1 saturated heterocycles. The minimum absolute atomic E-state index is 0.0355. The Morgan fingerprint density at radius 1 is 1.00 bits per heavy atom. The van der Waals surface area contributed by atoms with Crippen LogP contribution in [0.2, 0.25) is 0 Å². The van der Waals surface area contributed by atoms with E-state index in [-0.39, 0.29) is 6.10 Å². The summed E-state index contributed by atoms with van der Waals surface area (Å²) in [5, 5.41) is 9.55. The highest BCUT2D eigenvalue weighted by molar-refractivity contribution is 4.81. The zero-order valence-electron chi connectivity index (χ0n) is 11.9. The van der Waals surface area contributed by atoms with Gasteiger partial charge in [0.2, 0.25) is 0 Å². The van der Waals surface area contributed by atoms with E-state index in [1.165, 1.54) is 51.4 Å². The van der Waals surface area contributed by atoms with Gasteiger partial charge in [-0.05, 0) is 56.8 Å². The molecule has 2 heteroatoms. The summed E-state index contributed by atoms with van der Waals surface area (Å²) in [6.07, 6.45) is 12.9. The number of aliphatic hydroxyl groups excluding tert-OH is 1. The molecule has 1 aliphatic heterocycles. The summed E-state index contributed by atoms with van der Waals surface area (Å²) in [5.74, 6) is 1.55. The van der Waals surface area contributed by atoms with Gasteiger partial charge in [0.25, 0.3) is 0 Å². The number of hydrogen-bond acceptors (Lipinski definition) is 2. The number of rotatable bonds is 5. The molecule has 2 atom stereocenters. The second-order valence-electron chi connectivity index (χ2n) is 6.38. The van der Waals surface area contributed by atoms with Crippen LogP contribution in [-0.2, 0) is 4.74 Å². The highest BCUT2D eigenvalue weighted by Crippen LogP contribution is 2.34. The molecule has 106 valence electrons. The van der Waals surface area contributed by atoms with E-state index in [2.05, 4.69) is 6.92 Å². The fourth-order valence-electron chi connectivity index (χ4n) is 3.58. The van der Waals surface area contributed by atoms with Crippen LogP contribution < -0.4 is 0 Å². The lowest BCUT2D eigenvalue weighted by molar-refractivity contribution is -0.0643. The van der Waals surface area contributed by atoms with Gasteiger partial charge in [-0.1, -0.05) is 26.2 Å². The van der Waals surface area contributed by atoms with Crippen LogP contribution in [0.5, 0.6) is 0 Å². The largest absolute Gasteiger partial charge is 0.393 e. The predicted molar refractivity (Wildman–Crippen MR) is 74.6 cm³/mol. The van der Waals surface area contributed by atoms with Crippen molar-refractivity contribution in [3.05, 3.63) is 0 Å². The Hall–Kier alpha value is -0.0800. The summed E-state index contributed by atoms with van der Waals surface area (Å²) in [4.78, 5) is 0. The standard InChI is InChI=1S/C16H30O2/c1-2-3-4-5-13-6-11-16(18-12-13)14-7-9-15(17)10-8-14/h13-17H,2-12H2,1H3. The number of unbranched alkanes of at least 4 members (excludes halogenated alkanes) is 2. The maximum absolute atomic E-state index is 9.55. The van der Waals surface area contributed by atoms with Crippen LogP contribution in [0.15, 0.2) is 0 Å². The van der Waals surface area contributed by atoms with E-state index >= 15 is 0 Å². The highest BCUT2D eigenvalue weighted by atomic mass is 16.5. The normalized spacial score (nSPS) is 37.7. The van der Waals surface area contributed by atoms with E-state index < -0.39 is 0 Å². The third-order valence-electron chi connectivity index (χ3n) is 4.89. The van der Waals surface area contributed by atoms with Gasteiger partial charge in [-0.3, -0.25) is 0 Å². The van der Waals surface area contributed by atoms with Gasteiger partial charge >= 0.3 is 0 Å². The topological polar surface area (TPSA) is 29.5 Å². The Kier molecular flexibility index (Phi) is 5.97. The summed E-state index contributed by atoms with van der Waals surface area (Å²) in [7, 11) is 0. The van der Waals surface area contributed by atoms with Crippen LogP contribution in [0.1, 0.15) is 71.1 Å². The quantitative estimate of drug-likeness (QED) is 0.754. The van der Waals surface area contributed by atoms with Gasteiger partial charge in [0, 0.05) is 6.61 Å². The number of aliphatic hydroxyl groups is 1. The van der Waals surface area contributed by atoms with Gasteiger partial charge in [-0.2, -0.15) is 0 Å². The zero-order chi connectivity index (χ0) is 12.8. The van der Waals surface area contributed by atoms with Crippen molar-refractivity contribution in [1.29, 1.82) is 0 Å².